The Balaban J connectivity index is 1.82. The van der Waals surface area contributed by atoms with Gasteiger partial charge in [-0.05, 0) is 66.6 Å². The van der Waals surface area contributed by atoms with Crippen LogP contribution in [-0.4, -0.2) is 134 Å². The number of aromatic nitrogens is 1. The number of amides is 5. The number of pyridine rings is 1. The van der Waals surface area contributed by atoms with Crippen LogP contribution in [0.4, 0.5) is 9.59 Å². The third kappa shape index (κ3) is 17.3. The predicted molar refractivity (Wildman–Crippen MR) is 263 cm³/mol. The fourth-order valence-corrected chi connectivity index (χ4v) is 7.54. The van der Waals surface area contributed by atoms with Crippen molar-refractivity contribution in [3.05, 3.63) is 126 Å². The maximum atomic E-state index is 14.5. The minimum atomic E-state index is -1.23. The Morgan fingerprint density at radius 2 is 1.14 bits per heavy atom. The normalized spacial score (nSPS) is 13.8. The van der Waals surface area contributed by atoms with Crippen molar-refractivity contribution in [2.24, 2.45) is 10.8 Å². The number of benzene rings is 3. The molecule has 3 aromatic carbocycles. The number of nitrogens with one attached hydrogen (secondary N) is 4. The first-order valence-corrected chi connectivity index (χ1v) is 22.8. The molecule has 0 saturated carbocycles. The zero-order valence-electron chi connectivity index (χ0n) is 41.8. The maximum absolute atomic E-state index is 14.5. The van der Waals surface area contributed by atoms with E-state index in [9.17, 15) is 28.8 Å². The van der Waals surface area contributed by atoms with Gasteiger partial charge < -0.3 is 35.1 Å². The number of hydrogen-bond acceptors (Lipinski definition) is 12. The van der Waals surface area contributed by atoms with Crippen LogP contribution in [0.3, 0.4) is 0 Å². The molecule has 0 spiro atoms. The van der Waals surface area contributed by atoms with Gasteiger partial charge in [-0.2, -0.15) is 0 Å². The summed E-state index contributed by atoms with van der Waals surface area (Å²) in [7, 11) is 7.52. The highest BCUT2D eigenvalue weighted by Crippen LogP contribution is 2.24. The number of hydrogen-bond donors (Lipinski definition) is 4. The van der Waals surface area contributed by atoms with E-state index in [4.69, 9.17) is 14.2 Å². The van der Waals surface area contributed by atoms with Gasteiger partial charge in [0.15, 0.2) is 0 Å². The molecule has 0 aliphatic rings. The van der Waals surface area contributed by atoms with E-state index in [1.165, 1.54) is 26.2 Å². The number of esters is 1. The second-order valence-corrected chi connectivity index (χ2v) is 19.3. The molecule has 0 radical (unpaired) electrons. The van der Waals surface area contributed by atoms with Crippen LogP contribution in [-0.2, 0) is 52.8 Å². The number of alkyl carbamates (subject to hydrolysis) is 2. The van der Waals surface area contributed by atoms with Crippen LogP contribution in [0, 0.1) is 10.8 Å². The molecule has 1 heterocycles. The second-order valence-electron chi connectivity index (χ2n) is 19.3. The van der Waals surface area contributed by atoms with Gasteiger partial charge in [0.2, 0.25) is 11.8 Å². The van der Waals surface area contributed by atoms with Gasteiger partial charge >= 0.3 is 18.2 Å². The summed E-state index contributed by atoms with van der Waals surface area (Å²) in [5.41, 5.74) is 5.43. The summed E-state index contributed by atoms with van der Waals surface area (Å²) >= 11 is 0. The van der Waals surface area contributed by atoms with Gasteiger partial charge in [-0.1, -0.05) is 133 Å². The molecular formula is C52H70N8O9. The fourth-order valence-electron chi connectivity index (χ4n) is 7.54. The van der Waals surface area contributed by atoms with E-state index in [0.29, 0.717) is 6.42 Å². The van der Waals surface area contributed by atoms with Crippen LogP contribution in [0.2, 0.25) is 0 Å². The van der Waals surface area contributed by atoms with Crippen LogP contribution in [0.15, 0.2) is 109 Å². The van der Waals surface area contributed by atoms with Crippen molar-refractivity contribution in [3.8, 4) is 11.3 Å². The standard InChI is InChI=1S/C52H70N8O9/c1-51(2,3)44(55-49(65)67-10)46(62)54-40(30-35-20-14-12-15-21-35)42(69-43(61)34-59(9)48(64)41(58(7)8)31-36-22-16-13-17-23-36)33-60(57-47(63)45(52(4,5)6)56-50(66)68-11)32-37-25-27-38(28-26-37)39-24-18-19-29-53-39/h12-29,40-42,44-45H,30-34H2,1-11H3,(H,54,62)(H,55,65)(H,56,66)(H,57,63)/t40-,41-,42-,44+,45+/m0/s1. The lowest BCUT2D eigenvalue weighted by atomic mass is 9.85. The first-order chi connectivity index (χ1) is 32.6. The molecule has 372 valence electrons. The summed E-state index contributed by atoms with van der Waals surface area (Å²) in [4.78, 5) is 90.1. The van der Waals surface area contributed by atoms with Crippen molar-refractivity contribution in [1.29, 1.82) is 0 Å². The number of hydrazine groups is 1. The Kier molecular flexibility index (Phi) is 20.2. The van der Waals surface area contributed by atoms with Crippen LogP contribution in [0.5, 0.6) is 0 Å². The van der Waals surface area contributed by atoms with E-state index in [1.54, 1.807) is 71.7 Å². The van der Waals surface area contributed by atoms with Crippen LogP contribution >= 0.6 is 0 Å². The summed E-state index contributed by atoms with van der Waals surface area (Å²) in [6.07, 6.45) is -0.634. The summed E-state index contributed by atoms with van der Waals surface area (Å²) in [5.74, 6) is -2.29. The Morgan fingerprint density at radius 1 is 0.623 bits per heavy atom. The highest BCUT2D eigenvalue weighted by molar-refractivity contribution is 5.88. The molecule has 0 unspecified atom stereocenters. The first-order valence-electron chi connectivity index (χ1n) is 22.8. The van der Waals surface area contributed by atoms with E-state index in [2.05, 4.69) is 26.4 Å². The molecule has 0 aliphatic heterocycles. The van der Waals surface area contributed by atoms with Gasteiger partial charge in [-0.25, -0.2) is 14.6 Å². The summed E-state index contributed by atoms with van der Waals surface area (Å²) in [5, 5.41) is 9.93. The topological polar surface area (TPSA) is 201 Å². The molecule has 5 atom stereocenters. The lowest BCUT2D eigenvalue weighted by Gasteiger charge is -2.37. The molecule has 4 aromatic rings. The van der Waals surface area contributed by atoms with Gasteiger partial charge in [0, 0.05) is 25.4 Å². The van der Waals surface area contributed by atoms with Gasteiger partial charge in [0.25, 0.3) is 5.91 Å². The van der Waals surface area contributed by atoms with Gasteiger partial charge in [0.05, 0.1) is 38.5 Å². The maximum Gasteiger partial charge on any atom is 0.407 e. The third-order valence-corrected chi connectivity index (χ3v) is 11.4. The second kappa shape index (κ2) is 25.5. The van der Waals surface area contributed by atoms with E-state index < -0.39 is 77.6 Å². The van der Waals surface area contributed by atoms with Gasteiger partial charge in [-0.15, -0.1) is 0 Å². The summed E-state index contributed by atoms with van der Waals surface area (Å²) in [6, 6.07) is 28.2. The van der Waals surface area contributed by atoms with E-state index in [0.717, 1.165) is 27.9 Å². The van der Waals surface area contributed by atoms with Crippen LogP contribution < -0.4 is 21.4 Å². The highest BCUT2D eigenvalue weighted by atomic mass is 16.6. The number of likely N-dealkylation sites (N-methyl/N-ethyl adjacent to an activating group) is 2. The van der Waals surface area contributed by atoms with Crippen molar-refractivity contribution in [2.45, 2.75) is 91.2 Å². The van der Waals surface area contributed by atoms with Crippen LogP contribution in [0.1, 0.15) is 58.2 Å². The molecule has 0 saturated heterocycles. The molecular weight excluding hydrogens is 881 g/mol. The van der Waals surface area contributed by atoms with Crippen molar-refractivity contribution in [2.75, 3.05) is 48.5 Å². The molecule has 4 rings (SSSR count). The molecule has 0 bridgehead atoms. The number of carbonyl (C=O) groups excluding carboxylic acids is 6. The Hall–Kier alpha value is -6.85. The quantitative estimate of drug-likeness (QED) is 0.0472. The highest BCUT2D eigenvalue weighted by Gasteiger charge is 2.39. The number of ether oxygens (including phenoxy) is 3. The van der Waals surface area contributed by atoms with Gasteiger partial charge in [-0.3, -0.25) is 34.5 Å². The lowest BCUT2D eigenvalue weighted by molar-refractivity contribution is -0.158. The largest absolute Gasteiger partial charge is 0.457 e. The molecule has 5 amide bonds. The monoisotopic (exact) mass is 951 g/mol. The minimum Gasteiger partial charge on any atom is -0.457 e. The fraction of sp³-hybridized carbons (Fsp3) is 0.442. The van der Waals surface area contributed by atoms with Crippen molar-refractivity contribution < 1.29 is 43.0 Å². The molecule has 1 aromatic heterocycles. The third-order valence-electron chi connectivity index (χ3n) is 11.4. The smallest absolute Gasteiger partial charge is 0.407 e. The molecule has 69 heavy (non-hydrogen) atoms. The number of methoxy groups -OCH3 is 2. The summed E-state index contributed by atoms with van der Waals surface area (Å²) < 4.78 is 16.2. The number of rotatable bonds is 21. The first kappa shape index (κ1) is 54.8. The lowest BCUT2D eigenvalue weighted by Crippen LogP contribution is -2.61. The van der Waals surface area contributed by atoms with Crippen molar-refractivity contribution in [3.63, 3.8) is 0 Å². The zero-order valence-corrected chi connectivity index (χ0v) is 41.8. The molecule has 0 aliphatic carbocycles. The Labute approximate surface area is 406 Å². The van der Waals surface area contributed by atoms with E-state index >= 15 is 0 Å². The zero-order chi connectivity index (χ0) is 50.9. The number of nitrogens with zero attached hydrogens (tertiary/aromatic N) is 4. The minimum absolute atomic E-state index is 0.0558. The molecule has 4 N–H and O–H groups in total. The Bertz CT molecular complexity index is 2290. The van der Waals surface area contributed by atoms with Gasteiger partial charge in [0.1, 0.15) is 24.7 Å². The average molecular weight is 951 g/mol. The SMILES string of the molecule is COC(=O)N[C@H](C(=O)N[C@@H](Cc1ccccc1)[C@H](CN(Cc1ccc(-c2ccccn2)cc1)NC(=O)[C@@H](NC(=O)OC)C(C)(C)C)OC(=O)CN(C)C(=O)[C@H](Cc1ccccc1)N(C)C)C(C)(C)C. The summed E-state index contributed by atoms with van der Waals surface area (Å²) in [6.45, 7) is 10.1. The van der Waals surface area contributed by atoms with Crippen molar-refractivity contribution >= 4 is 35.9 Å². The average Bonchev–Trinajstić information content (AvgIpc) is 3.31. The van der Waals surface area contributed by atoms with Crippen LogP contribution in [0.25, 0.3) is 11.3 Å². The van der Waals surface area contributed by atoms with E-state index in [-0.39, 0.29) is 25.4 Å². The molecule has 17 nitrogen and oxygen atoms in total. The predicted octanol–water partition coefficient (Wildman–Crippen LogP) is 5.39. The number of carbonyl (C=O) groups is 6. The molecule has 17 heteroatoms. The van der Waals surface area contributed by atoms with E-state index in [1.807, 2.05) is 103 Å². The molecule has 0 fully saturated rings. The van der Waals surface area contributed by atoms with Crippen molar-refractivity contribution in [1.82, 2.24) is 41.2 Å². The Morgan fingerprint density at radius 3 is 1.64 bits per heavy atom.